The molecular formula is C13H9N4O2. The predicted octanol–water partition coefficient (Wildman–Crippen LogP) is 1.08. The fraction of sp³-hybridized carbons (Fsp3) is 0. The Kier molecular flexibility index (Phi) is 2.60. The molecule has 0 bridgehead atoms. The molecule has 1 radical (unpaired) electrons. The summed E-state index contributed by atoms with van der Waals surface area (Å²) in [4.78, 5) is 30.9. The quantitative estimate of drug-likeness (QED) is 0.717. The van der Waals surface area contributed by atoms with Gasteiger partial charge in [0.15, 0.2) is 0 Å². The number of aromatic amines is 1. The molecule has 3 aromatic rings. The summed E-state index contributed by atoms with van der Waals surface area (Å²) in [5.41, 5.74) is 0.149. The van der Waals surface area contributed by atoms with Crippen molar-refractivity contribution in [1.82, 2.24) is 14.4 Å². The van der Waals surface area contributed by atoms with E-state index in [1.807, 2.05) is 0 Å². The number of rotatable bonds is 2. The molecule has 19 heavy (non-hydrogen) atoms. The molecule has 6 nitrogen and oxygen atoms in total. The molecule has 0 aliphatic carbocycles. The lowest BCUT2D eigenvalue weighted by Crippen LogP contribution is -2.26. The van der Waals surface area contributed by atoms with E-state index in [1.54, 1.807) is 30.5 Å². The van der Waals surface area contributed by atoms with Crippen molar-refractivity contribution in [3.63, 3.8) is 0 Å². The summed E-state index contributed by atoms with van der Waals surface area (Å²) in [7, 11) is 0. The van der Waals surface area contributed by atoms with E-state index in [-0.39, 0.29) is 5.56 Å². The Labute approximate surface area is 107 Å². The van der Waals surface area contributed by atoms with Gasteiger partial charge in [-0.25, -0.2) is 4.98 Å². The van der Waals surface area contributed by atoms with Crippen molar-refractivity contribution in [3.05, 3.63) is 64.8 Å². The third-order valence-corrected chi connectivity index (χ3v) is 2.64. The maximum absolute atomic E-state index is 12.1. The lowest BCUT2D eigenvalue weighted by Gasteiger charge is -2.04. The summed E-state index contributed by atoms with van der Waals surface area (Å²) in [6.07, 6.45) is 4.37. The number of nitrogens with zero attached hydrogens (tertiary/aromatic N) is 2. The standard InChI is InChI=1S/C13H9N4O2/c18-11(16-9-4-2-1-3-5-9)10-8-15-13-14-6-7-17(13)12(10)19/h1-2,4-8H,(H,14,15)(H,16,18). The zero-order chi connectivity index (χ0) is 13.2. The second-order valence-corrected chi connectivity index (χ2v) is 3.88. The van der Waals surface area contributed by atoms with E-state index in [1.165, 1.54) is 16.8 Å². The van der Waals surface area contributed by atoms with E-state index < -0.39 is 11.5 Å². The van der Waals surface area contributed by atoms with E-state index in [0.717, 1.165) is 0 Å². The van der Waals surface area contributed by atoms with Crippen LogP contribution in [0.15, 0.2) is 47.7 Å². The van der Waals surface area contributed by atoms with Crippen LogP contribution in [0.2, 0.25) is 0 Å². The van der Waals surface area contributed by atoms with Crippen LogP contribution in [-0.2, 0) is 0 Å². The van der Waals surface area contributed by atoms with Crippen LogP contribution < -0.4 is 10.9 Å². The van der Waals surface area contributed by atoms with Crippen molar-refractivity contribution in [3.8, 4) is 0 Å². The normalized spacial score (nSPS) is 10.5. The fourth-order valence-corrected chi connectivity index (χ4v) is 1.73. The van der Waals surface area contributed by atoms with E-state index in [9.17, 15) is 9.59 Å². The van der Waals surface area contributed by atoms with Gasteiger partial charge in [-0.1, -0.05) is 12.1 Å². The summed E-state index contributed by atoms with van der Waals surface area (Å²) in [6, 6.07) is 9.64. The first-order chi connectivity index (χ1) is 9.25. The van der Waals surface area contributed by atoms with Gasteiger partial charge in [0.1, 0.15) is 5.56 Å². The molecule has 2 aromatic heterocycles. The summed E-state index contributed by atoms with van der Waals surface area (Å²) in [5, 5.41) is 2.62. The highest BCUT2D eigenvalue weighted by atomic mass is 16.2. The number of anilines is 1. The maximum atomic E-state index is 12.1. The van der Waals surface area contributed by atoms with Gasteiger partial charge in [0, 0.05) is 24.3 Å². The van der Waals surface area contributed by atoms with Crippen LogP contribution in [0.25, 0.3) is 5.78 Å². The van der Waals surface area contributed by atoms with Crippen LogP contribution in [0.5, 0.6) is 0 Å². The van der Waals surface area contributed by atoms with Gasteiger partial charge in [-0.15, -0.1) is 0 Å². The van der Waals surface area contributed by atoms with Crippen molar-refractivity contribution >= 4 is 17.4 Å². The van der Waals surface area contributed by atoms with Crippen molar-refractivity contribution in [2.75, 3.05) is 5.32 Å². The third-order valence-electron chi connectivity index (χ3n) is 2.64. The van der Waals surface area contributed by atoms with Gasteiger partial charge in [-0.2, -0.15) is 0 Å². The highest BCUT2D eigenvalue weighted by Crippen LogP contribution is 2.06. The number of aromatic nitrogens is 3. The van der Waals surface area contributed by atoms with Gasteiger partial charge in [-0.3, -0.25) is 14.0 Å². The van der Waals surface area contributed by atoms with Crippen LogP contribution >= 0.6 is 0 Å². The van der Waals surface area contributed by atoms with Crippen LogP contribution in [-0.4, -0.2) is 20.3 Å². The minimum Gasteiger partial charge on any atom is -0.330 e. The van der Waals surface area contributed by atoms with E-state index >= 15 is 0 Å². The summed E-state index contributed by atoms with van der Waals surface area (Å²) >= 11 is 0. The summed E-state index contributed by atoms with van der Waals surface area (Å²) < 4.78 is 1.28. The average Bonchev–Trinajstić information content (AvgIpc) is 2.89. The third kappa shape index (κ3) is 1.99. The Bertz CT molecular complexity index is 789. The number of hydrogen-bond donors (Lipinski definition) is 2. The predicted molar refractivity (Wildman–Crippen MR) is 69.0 cm³/mol. The second kappa shape index (κ2) is 4.41. The van der Waals surface area contributed by atoms with E-state index in [0.29, 0.717) is 11.5 Å². The molecule has 93 valence electrons. The van der Waals surface area contributed by atoms with Gasteiger partial charge < -0.3 is 10.3 Å². The first-order valence-corrected chi connectivity index (χ1v) is 5.58. The van der Waals surface area contributed by atoms with E-state index in [2.05, 4.69) is 21.4 Å². The fourth-order valence-electron chi connectivity index (χ4n) is 1.73. The first kappa shape index (κ1) is 11.2. The molecule has 0 atom stereocenters. The van der Waals surface area contributed by atoms with Crippen LogP contribution in [0.4, 0.5) is 5.69 Å². The monoisotopic (exact) mass is 253 g/mol. The SMILES string of the molecule is O=C(Nc1c[c]ccc1)c1cnc2[nH]ccn2c1=O. The Morgan fingerprint density at radius 2 is 2.37 bits per heavy atom. The number of fused-ring (bicyclic) bond motifs is 1. The number of H-pyrrole nitrogens is 1. The zero-order valence-corrected chi connectivity index (χ0v) is 9.75. The molecule has 0 fully saturated rings. The maximum Gasteiger partial charge on any atom is 0.271 e. The molecule has 2 N–H and O–H groups in total. The molecule has 1 amide bonds. The first-order valence-electron chi connectivity index (χ1n) is 5.58. The number of imidazole rings is 1. The van der Waals surface area contributed by atoms with Crippen molar-refractivity contribution < 1.29 is 4.79 Å². The van der Waals surface area contributed by atoms with Gasteiger partial charge in [0.2, 0.25) is 5.78 Å². The minimum atomic E-state index is -0.493. The molecular weight excluding hydrogens is 244 g/mol. The second-order valence-electron chi connectivity index (χ2n) is 3.88. The van der Waals surface area contributed by atoms with Crippen LogP contribution in [0.3, 0.4) is 0 Å². The molecule has 0 spiro atoms. The summed E-state index contributed by atoms with van der Waals surface area (Å²) in [6.45, 7) is 0. The Morgan fingerprint density at radius 1 is 1.47 bits per heavy atom. The topological polar surface area (TPSA) is 79.3 Å². The van der Waals surface area contributed by atoms with Gasteiger partial charge in [0.25, 0.3) is 11.5 Å². The number of benzene rings is 1. The molecule has 3 rings (SSSR count). The lowest BCUT2D eigenvalue weighted by atomic mass is 10.2. The Balaban J connectivity index is 1.98. The number of hydrogen-bond acceptors (Lipinski definition) is 3. The minimum absolute atomic E-state index is 0.0130. The number of carbonyl (C=O) groups is 1. The van der Waals surface area contributed by atoms with Crippen molar-refractivity contribution in [2.24, 2.45) is 0 Å². The van der Waals surface area contributed by atoms with E-state index in [4.69, 9.17) is 0 Å². The Morgan fingerprint density at radius 3 is 3.16 bits per heavy atom. The van der Waals surface area contributed by atoms with Crippen molar-refractivity contribution in [1.29, 1.82) is 0 Å². The van der Waals surface area contributed by atoms with Gasteiger partial charge in [0.05, 0.1) is 0 Å². The largest absolute Gasteiger partial charge is 0.330 e. The van der Waals surface area contributed by atoms with Crippen LogP contribution in [0.1, 0.15) is 10.4 Å². The number of carbonyl (C=O) groups excluding carboxylic acids is 1. The molecule has 0 aliphatic heterocycles. The Hall–Kier alpha value is -2.89. The zero-order valence-electron chi connectivity index (χ0n) is 9.75. The highest BCUT2D eigenvalue weighted by molar-refractivity contribution is 6.03. The number of nitrogens with one attached hydrogen (secondary N) is 2. The van der Waals surface area contributed by atoms with Crippen molar-refractivity contribution in [2.45, 2.75) is 0 Å². The van der Waals surface area contributed by atoms with Crippen LogP contribution in [0, 0.1) is 6.07 Å². The number of amides is 1. The smallest absolute Gasteiger partial charge is 0.271 e. The molecule has 0 saturated heterocycles. The van der Waals surface area contributed by atoms with Gasteiger partial charge in [-0.05, 0) is 18.2 Å². The molecule has 6 heteroatoms. The molecule has 0 aliphatic rings. The lowest BCUT2D eigenvalue weighted by molar-refractivity contribution is 0.102. The molecule has 2 heterocycles. The molecule has 1 aromatic carbocycles. The molecule has 0 unspecified atom stereocenters. The van der Waals surface area contributed by atoms with Gasteiger partial charge >= 0.3 is 0 Å². The average molecular weight is 253 g/mol. The highest BCUT2D eigenvalue weighted by Gasteiger charge is 2.13. The summed E-state index contributed by atoms with van der Waals surface area (Å²) in [5.74, 6) is -0.0951. The molecule has 0 saturated carbocycles.